The van der Waals surface area contributed by atoms with Crippen molar-refractivity contribution in [3.63, 3.8) is 0 Å². The molecule has 0 atom stereocenters. The molecule has 0 saturated carbocycles. The monoisotopic (exact) mass is 247 g/mol. The van der Waals surface area contributed by atoms with Gasteiger partial charge in [0, 0.05) is 6.20 Å². The molecule has 64 valence electrons. The van der Waals surface area contributed by atoms with Crippen LogP contribution in [0.1, 0.15) is 6.55 Å². The summed E-state index contributed by atoms with van der Waals surface area (Å²) in [5.74, 6) is 0.0697. The number of aromatic nitrogens is 2. The first-order valence-electron chi connectivity index (χ1n) is 2.39. The van der Waals surface area contributed by atoms with E-state index in [4.69, 9.17) is 5.73 Å². The van der Waals surface area contributed by atoms with Crippen molar-refractivity contribution in [3.05, 3.63) is 10.7 Å². The van der Waals surface area contributed by atoms with E-state index in [1.54, 1.807) is 0 Å². The van der Waals surface area contributed by atoms with Crippen LogP contribution in [0.15, 0.2) is 10.7 Å². The summed E-state index contributed by atoms with van der Waals surface area (Å²) >= 11 is 2.94. The minimum Gasteiger partial charge on any atom is -0.381 e. The highest BCUT2D eigenvalue weighted by Crippen LogP contribution is 2.19. The first-order chi connectivity index (χ1) is 4.61. The Hall–Kier alpha value is -0.360. The average molecular weight is 248 g/mol. The van der Waals surface area contributed by atoms with Gasteiger partial charge in [0.05, 0.1) is 4.47 Å². The Morgan fingerprint density at radius 3 is 2.36 bits per heavy atom. The van der Waals surface area contributed by atoms with Gasteiger partial charge in [-0.25, -0.2) is 4.68 Å². The van der Waals surface area contributed by atoms with Crippen LogP contribution in [0.25, 0.3) is 0 Å². The largest absolute Gasteiger partial charge is 0.381 e. The summed E-state index contributed by atoms with van der Waals surface area (Å²) in [6.45, 7) is -2.63. The lowest BCUT2D eigenvalue weighted by Gasteiger charge is -1.94. The molecular formula is C4H5BrClF2N3. The second kappa shape index (κ2) is 3.87. The molecule has 1 rings (SSSR count). The van der Waals surface area contributed by atoms with E-state index in [-0.39, 0.29) is 18.2 Å². The molecule has 0 amide bonds. The molecule has 0 aromatic carbocycles. The molecule has 3 nitrogen and oxygen atoms in total. The third kappa shape index (κ3) is 2.30. The van der Waals surface area contributed by atoms with E-state index in [1.807, 2.05) is 0 Å². The zero-order valence-corrected chi connectivity index (χ0v) is 7.57. The van der Waals surface area contributed by atoms with E-state index in [9.17, 15) is 8.78 Å². The Labute approximate surface area is 76.1 Å². The third-order valence-electron chi connectivity index (χ3n) is 0.913. The maximum atomic E-state index is 11.8. The number of nitrogen functional groups attached to an aromatic ring is 1. The molecular weight excluding hydrogens is 243 g/mol. The fourth-order valence-electron chi connectivity index (χ4n) is 0.483. The van der Waals surface area contributed by atoms with Gasteiger partial charge >= 0.3 is 6.55 Å². The molecule has 0 aliphatic rings. The van der Waals surface area contributed by atoms with Gasteiger partial charge in [-0.2, -0.15) is 8.78 Å². The first kappa shape index (κ1) is 10.6. The fourth-order valence-corrected chi connectivity index (χ4v) is 0.772. The normalized spacial score (nSPS) is 9.82. The highest BCUT2D eigenvalue weighted by molar-refractivity contribution is 9.10. The Morgan fingerprint density at radius 2 is 2.18 bits per heavy atom. The van der Waals surface area contributed by atoms with Crippen LogP contribution in [0, 0.1) is 0 Å². The summed E-state index contributed by atoms with van der Waals surface area (Å²) < 4.78 is 24.4. The van der Waals surface area contributed by atoms with Crippen LogP contribution < -0.4 is 5.73 Å². The highest BCUT2D eigenvalue weighted by atomic mass is 79.9. The lowest BCUT2D eigenvalue weighted by atomic mass is 10.7. The van der Waals surface area contributed by atoms with Crippen molar-refractivity contribution in [1.29, 1.82) is 0 Å². The van der Waals surface area contributed by atoms with Crippen LogP contribution in [0.5, 0.6) is 0 Å². The molecule has 1 aromatic rings. The number of rotatable bonds is 1. The van der Waals surface area contributed by atoms with E-state index in [2.05, 4.69) is 21.0 Å². The van der Waals surface area contributed by atoms with E-state index >= 15 is 0 Å². The smallest absolute Gasteiger partial charge is 0.333 e. The molecule has 0 aliphatic carbocycles. The SMILES string of the molecule is Cl.Nc1nn(C(F)F)cc1Br. The van der Waals surface area contributed by atoms with Gasteiger partial charge in [-0.1, -0.05) is 0 Å². The number of halogens is 4. The van der Waals surface area contributed by atoms with Crippen LogP contribution in [-0.4, -0.2) is 9.78 Å². The number of hydrogen-bond acceptors (Lipinski definition) is 2. The zero-order chi connectivity index (χ0) is 7.72. The number of hydrogen-bond donors (Lipinski definition) is 1. The van der Waals surface area contributed by atoms with Gasteiger partial charge in [0.15, 0.2) is 5.82 Å². The highest BCUT2D eigenvalue weighted by Gasteiger charge is 2.09. The minimum atomic E-state index is -2.63. The van der Waals surface area contributed by atoms with E-state index < -0.39 is 6.55 Å². The molecule has 0 bridgehead atoms. The Balaban J connectivity index is 0.000001000. The molecule has 1 aromatic heterocycles. The van der Waals surface area contributed by atoms with Gasteiger partial charge in [-0.05, 0) is 15.9 Å². The van der Waals surface area contributed by atoms with Crippen molar-refractivity contribution in [2.24, 2.45) is 0 Å². The summed E-state index contributed by atoms with van der Waals surface area (Å²) in [6, 6.07) is 0. The standard InChI is InChI=1S/C4H4BrF2N3.ClH/c5-2-1-10(4(6)7)9-3(2)8;/h1,4H,(H2,8,9);1H. The summed E-state index contributed by atoms with van der Waals surface area (Å²) in [7, 11) is 0. The maximum Gasteiger partial charge on any atom is 0.333 e. The van der Waals surface area contributed by atoms with E-state index in [1.165, 1.54) is 0 Å². The number of anilines is 1. The second-order valence-electron chi connectivity index (χ2n) is 1.62. The van der Waals surface area contributed by atoms with Crippen molar-refractivity contribution in [2.75, 3.05) is 5.73 Å². The van der Waals surface area contributed by atoms with E-state index in [0.717, 1.165) is 6.20 Å². The molecule has 0 unspecified atom stereocenters. The van der Waals surface area contributed by atoms with Crippen LogP contribution in [0.3, 0.4) is 0 Å². The molecule has 0 fully saturated rings. The summed E-state index contributed by atoms with van der Waals surface area (Å²) in [4.78, 5) is 0. The van der Waals surface area contributed by atoms with Gasteiger partial charge in [0.2, 0.25) is 0 Å². The molecule has 0 radical (unpaired) electrons. The van der Waals surface area contributed by atoms with Gasteiger partial charge < -0.3 is 5.73 Å². The summed E-state index contributed by atoms with van der Waals surface area (Å²) in [5, 5.41) is 3.31. The quantitative estimate of drug-likeness (QED) is 0.826. The lowest BCUT2D eigenvalue weighted by Crippen LogP contribution is -1.98. The molecule has 11 heavy (non-hydrogen) atoms. The van der Waals surface area contributed by atoms with Crippen molar-refractivity contribution in [3.8, 4) is 0 Å². The van der Waals surface area contributed by atoms with Crippen LogP contribution in [0.4, 0.5) is 14.6 Å². The Morgan fingerprint density at radius 1 is 1.64 bits per heavy atom. The van der Waals surface area contributed by atoms with Gasteiger partial charge in [-0.15, -0.1) is 17.5 Å². The Bertz CT molecular complexity index is 220. The predicted octanol–water partition coefficient (Wildman–Crippen LogP) is 2.04. The second-order valence-corrected chi connectivity index (χ2v) is 2.47. The third-order valence-corrected chi connectivity index (χ3v) is 1.52. The van der Waals surface area contributed by atoms with Crippen molar-refractivity contribution in [1.82, 2.24) is 9.78 Å². The molecule has 1 heterocycles. The summed E-state index contributed by atoms with van der Waals surface area (Å²) in [5.41, 5.74) is 5.17. The van der Waals surface area contributed by atoms with Crippen molar-refractivity contribution >= 4 is 34.2 Å². The Kier molecular flexibility index (Phi) is 3.74. The maximum absolute atomic E-state index is 11.8. The number of nitrogens with two attached hydrogens (primary N) is 1. The number of alkyl halides is 2. The van der Waals surface area contributed by atoms with Crippen LogP contribution >= 0.6 is 28.3 Å². The summed E-state index contributed by atoms with van der Waals surface area (Å²) in [6.07, 6.45) is 1.12. The molecule has 0 saturated heterocycles. The lowest BCUT2D eigenvalue weighted by molar-refractivity contribution is 0.0568. The van der Waals surface area contributed by atoms with Crippen LogP contribution in [-0.2, 0) is 0 Å². The van der Waals surface area contributed by atoms with E-state index in [0.29, 0.717) is 9.15 Å². The molecule has 0 aliphatic heterocycles. The molecule has 7 heteroatoms. The average Bonchev–Trinajstić information content (AvgIpc) is 2.13. The molecule has 2 N–H and O–H groups in total. The fraction of sp³-hybridized carbons (Fsp3) is 0.250. The van der Waals surface area contributed by atoms with Crippen molar-refractivity contribution in [2.45, 2.75) is 6.55 Å². The first-order valence-corrected chi connectivity index (χ1v) is 3.19. The zero-order valence-electron chi connectivity index (χ0n) is 5.17. The minimum absolute atomic E-state index is 0. The molecule has 0 spiro atoms. The topological polar surface area (TPSA) is 43.8 Å². The van der Waals surface area contributed by atoms with Gasteiger partial charge in [0.25, 0.3) is 0 Å². The van der Waals surface area contributed by atoms with Crippen LogP contribution in [0.2, 0.25) is 0 Å². The number of nitrogens with zero attached hydrogens (tertiary/aromatic N) is 2. The predicted molar refractivity (Wildman–Crippen MR) is 42.8 cm³/mol. The van der Waals surface area contributed by atoms with Gasteiger partial charge in [0.1, 0.15) is 0 Å². The van der Waals surface area contributed by atoms with Crippen molar-refractivity contribution < 1.29 is 8.78 Å². The van der Waals surface area contributed by atoms with Gasteiger partial charge in [-0.3, -0.25) is 0 Å².